The summed E-state index contributed by atoms with van der Waals surface area (Å²) >= 11 is 0. The maximum Gasteiger partial charge on any atom is 0.135 e. The van der Waals surface area contributed by atoms with Crippen LogP contribution in [0.2, 0.25) is 0 Å². The molecule has 0 aliphatic rings. The molecule has 0 saturated heterocycles. The lowest BCUT2D eigenvalue weighted by molar-refractivity contribution is 0.590. The Morgan fingerprint density at radius 2 is 1.38 bits per heavy atom. The van der Waals surface area contributed by atoms with E-state index in [0.717, 1.165) is 33.2 Å². The normalized spacial score (nSPS) is 12.0. The number of benzene rings is 3. The van der Waals surface area contributed by atoms with Gasteiger partial charge in [0.25, 0.3) is 0 Å². The molecule has 5 aromatic rings. The molecule has 5 rings (SSSR count). The molecule has 0 aliphatic carbocycles. The van der Waals surface area contributed by atoms with Crippen LogP contribution in [0.15, 0.2) is 89.5 Å². The van der Waals surface area contributed by atoms with Crippen LogP contribution < -0.4 is 0 Å². The second kappa shape index (κ2) is 6.59. The van der Waals surface area contributed by atoms with E-state index < -0.39 is 0 Å². The van der Waals surface area contributed by atoms with Crippen molar-refractivity contribution in [2.45, 2.75) is 26.2 Å². The predicted octanol–water partition coefficient (Wildman–Crippen LogP) is 7.61. The zero-order valence-corrected chi connectivity index (χ0v) is 16.9. The molecule has 0 saturated carbocycles. The lowest BCUT2D eigenvalue weighted by Gasteiger charge is -2.19. The molecule has 0 bridgehead atoms. The first-order valence-electron chi connectivity index (χ1n) is 9.98. The third-order valence-corrected chi connectivity index (χ3v) is 5.52. The molecule has 3 aromatic carbocycles. The molecule has 142 valence electrons. The van der Waals surface area contributed by atoms with Gasteiger partial charge in [-0.1, -0.05) is 63.2 Å². The van der Waals surface area contributed by atoms with Crippen LogP contribution >= 0.6 is 0 Å². The Hall–Kier alpha value is -3.39. The predicted molar refractivity (Wildman–Crippen MR) is 121 cm³/mol. The van der Waals surface area contributed by atoms with Crippen molar-refractivity contribution >= 4 is 21.9 Å². The third kappa shape index (κ3) is 3.21. The monoisotopic (exact) mass is 377 g/mol. The summed E-state index contributed by atoms with van der Waals surface area (Å²) < 4.78 is 5.95. The first-order chi connectivity index (χ1) is 14.0. The molecule has 0 unspecified atom stereocenters. The van der Waals surface area contributed by atoms with Gasteiger partial charge in [0, 0.05) is 22.5 Å². The van der Waals surface area contributed by atoms with Gasteiger partial charge in [0.2, 0.25) is 0 Å². The molecule has 0 fully saturated rings. The molecular formula is C27H23NO. The molecule has 0 aliphatic heterocycles. The number of rotatable bonds is 2. The maximum atomic E-state index is 5.95. The van der Waals surface area contributed by atoms with E-state index in [1.165, 1.54) is 16.7 Å². The molecule has 2 heteroatoms. The van der Waals surface area contributed by atoms with Gasteiger partial charge in [0.1, 0.15) is 11.2 Å². The number of para-hydroxylation sites is 1. The van der Waals surface area contributed by atoms with E-state index in [2.05, 4.69) is 80.4 Å². The molecule has 0 spiro atoms. The van der Waals surface area contributed by atoms with Gasteiger partial charge in [-0.05, 0) is 58.5 Å². The van der Waals surface area contributed by atoms with E-state index >= 15 is 0 Å². The second-order valence-corrected chi connectivity index (χ2v) is 8.57. The Morgan fingerprint density at radius 3 is 2.17 bits per heavy atom. The standard InChI is InChI=1S/C27H23NO/c1-27(2,3)21-11-8-18(9-12-21)19-14-15-28-24(17-19)20-10-13-26-23(16-20)22-6-4-5-7-25(22)29-26/h4-17H,1-3H3. The highest BCUT2D eigenvalue weighted by molar-refractivity contribution is 6.06. The fourth-order valence-corrected chi connectivity index (χ4v) is 3.82. The van der Waals surface area contributed by atoms with Crippen LogP contribution in [0, 0.1) is 0 Å². The van der Waals surface area contributed by atoms with Gasteiger partial charge in [-0.25, -0.2) is 0 Å². The SMILES string of the molecule is CC(C)(C)c1ccc(-c2ccnc(-c3ccc4oc5ccccc5c4c3)c2)cc1. The van der Waals surface area contributed by atoms with Gasteiger partial charge in [0.05, 0.1) is 5.69 Å². The lowest BCUT2D eigenvalue weighted by Crippen LogP contribution is -2.10. The summed E-state index contributed by atoms with van der Waals surface area (Å²) in [6, 6.07) is 27.5. The van der Waals surface area contributed by atoms with Crippen LogP contribution in [0.1, 0.15) is 26.3 Å². The highest BCUT2D eigenvalue weighted by Crippen LogP contribution is 2.33. The molecule has 2 aromatic heterocycles. The van der Waals surface area contributed by atoms with Gasteiger partial charge in [-0.3, -0.25) is 4.98 Å². The van der Waals surface area contributed by atoms with Crippen molar-refractivity contribution in [1.82, 2.24) is 4.98 Å². The first kappa shape index (κ1) is 17.7. The fourth-order valence-electron chi connectivity index (χ4n) is 3.82. The highest BCUT2D eigenvalue weighted by atomic mass is 16.3. The number of hydrogen-bond acceptors (Lipinski definition) is 2. The summed E-state index contributed by atoms with van der Waals surface area (Å²) in [7, 11) is 0. The Kier molecular flexibility index (Phi) is 4.02. The van der Waals surface area contributed by atoms with Crippen LogP contribution in [0.3, 0.4) is 0 Å². The topological polar surface area (TPSA) is 26.0 Å². The van der Waals surface area contributed by atoms with E-state index in [0.29, 0.717) is 0 Å². The largest absolute Gasteiger partial charge is 0.456 e. The third-order valence-electron chi connectivity index (χ3n) is 5.52. The van der Waals surface area contributed by atoms with Gasteiger partial charge in [-0.15, -0.1) is 0 Å². The Bertz CT molecular complexity index is 1320. The van der Waals surface area contributed by atoms with Crippen molar-refractivity contribution in [2.24, 2.45) is 0 Å². The van der Waals surface area contributed by atoms with Crippen LogP contribution in [-0.2, 0) is 5.41 Å². The van der Waals surface area contributed by atoms with E-state index in [1.807, 2.05) is 30.5 Å². The molecule has 0 amide bonds. The summed E-state index contributed by atoms with van der Waals surface area (Å²) in [6.45, 7) is 6.72. The van der Waals surface area contributed by atoms with E-state index in [4.69, 9.17) is 4.42 Å². The zero-order chi connectivity index (χ0) is 20.0. The Balaban J connectivity index is 1.56. The van der Waals surface area contributed by atoms with Crippen molar-refractivity contribution in [3.05, 3.63) is 90.6 Å². The van der Waals surface area contributed by atoms with Gasteiger partial charge in [-0.2, -0.15) is 0 Å². The Labute approximate surface area is 170 Å². The molecule has 2 heterocycles. The van der Waals surface area contributed by atoms with E-state index in [-0.39, 0.29) is 5.41 Å². The highest BCUT2D eigenvalue weighted by Gasteiger charge is 2.13. The maximum absolute atomic E-state index is 5.95. The van der Waals surface area contributed by atoms with Crippen LogP contribution in [-0.4, -0.2) is 4.98 Å². The molecule has 2 nitrogen and oxygen atoms in total. The van der Waals surface area contributed by atoms with Gasteiger partial charge < -0.3 is 4.42 Å². The molecule has 29 heavy (non-hydrogen) atoms. The van der Waals surface area contributed by atoms with Crippen LogP contribution in [0.25, 0.3) is 44.3 Å². The number of hydrogen-bond donors (Lipinski definition) is 0. The summed E-state index contributed by atoms with van der Waals surface area (Å²) in [4.78, 5) is 4.63. The second-order valence-electron chi connectivity index (χ2n) is 8.57. The van der Waals surface area contributed by atoms with E-state index in [9.17, 15) is 0 Å². The van der Waals surface area contributed by atoms with Gasteiger partial charge in [0.15, 0.2) is 0 Å². The number of aromatic nitrogens is 1. The van der Waals surface area contributed by atoms with Crippen molar-refractivity contribution in [2.75, 3.05) is 0 Å². The summed E-state index contributed by atoms with van der Waals surface area (Å²) in [5.74, 6) is 0. The number of pyridine rings is 1. The van der Waals surface area contributed by atoms with Crippen molar-refractivity contribution in [3.8, 4) is 22.4 Å². The van der Waals surface area contributed by atoms with Gasteiger partial charge >= 0.3 is 0 Å². The summed E-state index contributed by atoms with van der Waals surface area (Å²) in [5, 5.41) is 2.26. The molecule has 0 radical (unpaired) electrons. The average Bonchev–Trinajstić information content (AvgIpc) is 3.11. The number of nitrogens with zero attached hydrogens (tertiary/aromatic N) is 1. The Morgan fingerprint density at radius 1 is 0.655 bits per heavy atom. The fraction of sp³-hybridized carbons (Fsp3) is 0.148. The lowest BCUT2D eigenvalue weighted by atomic mass is 9.86. The summed E-state index contributed by atoms with van der Waals surface area (Å²) in [6.07, 6.45) is 1.89. The number of furan rings is 1. The molecule has 0 N–H and O–H groups in total. The zero-order valence-electron chi connectivity index (χ0n) is 16.9. The van der Waals surface area contributed by atoms with Crippen molar-refractivity contribution < 1.29 is 4.42 Å². The smallest absolute Gasteiger partial charge is 0.135 e. The van der Waals surface area contributed by atoms with Crippen LogP contribution in [0.5, 0.6) is 0 Å². The number of fused-ring (bicyclic) bond motifs is 3. The average molecular weight is 377 g/mol. The summed E-state index contributed by atoms with van der Waals surface area (Å²) in [5.41, 5.74) is 7.76. The van der Waals surface area contributed by atoms with Crippen LogP contribution in [0.4, 0.5) is 0 Å². The quantitative estimate of drug-likeness (QED) is 0.316. The minimum Gasteiger partial charge on any atom is -0.456 e. The molecule has 0 atom stereocenters. The minimum atomic E-state index is 0.157. The minimum absolute atomic E-state index is 0.157. The van der Waals surface area contributed by atoms with Crippen molar-refractivity contribution in [1.29, 1.82) is 0 Å². The molecular weight excluding hydrogens is 354 g/mol. The van der Waals surface area contributed by atoms with Crippen molar-refractivity contribution in [3.63, 3.8) is 0 Å². The van der Waals surface area contributed by atoms with E-state index in [1.54, 1.807) is 0 Å². The first-order valence-corrected chi connectivity index (χ1v) is 9.98.